The van der Waals surface area contributed by atoms with E-state index in [1.54, 1.807) is 38.1 Å². The van der Waals surface area contributed by atoms with Gasteiger partial charge in [-0.2, -0.15) is 10.5 Å². The first-order chi connectivity index (χ1) is 12.0. The Kier molecular flexibility index (Phi) is 5.71. The van der Waals surface area contributed by atoms with Crippen molar-refractivity contribution >= 4 is 5.91 Å². The van der Waals surface area contributed by atoms with Crippen LogP contribution < -0.4 is 10.9 Å². The molecular formula is C19H18N4O2. The van der Waals surface area contributed by atoms with Gasteiger partial charge in [-0.3, -0.25) is 9.59 Å². The number of carbonyl (C=O) groups excluding carboxylic acids is 1. The lowest BCUT2D eigenvalue weighted by Gasteiger charge is -2.11. The third-order valence-electron chi connectivity index (χ3n) is 4.10. The predicted molar refractivity (Wildman–Crippen MR) is 92.6 cm³/mol. The highest BCUT2D eigenvalue weighted by molar-refractivity contribution is 5.76. The highest BCUT2D eigenvalue weighted by atomic mass is 16.1. The van der Waals surface area contributed by atoms with Crippen LogP contribution in [0.2, 0.25) is 0 Å². The van der Waals surface area contributed by atoms with Crippen LogP contribution in [0.15, 0.2) is 29.1 Å². The van der Waals surface area contributed by atoms with Crippen LogP contribution in [0.4, 0.5) is 0 Å². The summed E-state index contributed by atoms with van der Waals surface area (Å²) in [5.41, 5.74) is 3.32. The molecule has 25 heavy (non-hydrogen) atoms. The number of aromatic amines is 1. The summed E-state index contributed by atoms with van der Waals surface area (Å²) in [6, 6.07) is 11.0. The molecule has 1 aromatic carbocycles. The molecule has 0 spiro atoms. The minimum atomic E-state index is -0.397. The number of benzene rings is 1. The fraction of sp³-hybridized carbons (Fsp3) is 0.263. The van der Waals surface area contributed by atoms with E-state index >= 15 is 0 Å². The number of H-pyrrole nitrogens is 1. The van der Waals surface area contributed by atoms with Crippen molar-refractivity contribution in [3.63, 3.8) is 0 Å². The maximum atomic E-state index is 12.1. The van der Waals surface area contributed by atoms with Gasteiger partial charge < -0.3 is 10.3 Å². The molecule has 6 heteroatoms. The first-order valence-electron chi connectivity index (χ1n) is 7.84. The molecule has 0 radical (unpaired) electrons. The largest absolute Gasteiger partial charge is 0.352 e. The average Bonchev–Trinajstić information content (AvgIpc) is 2.60. The van der Waals surface area contributed by atoms with Crippen molar-refractivity contribution in [3.05, 3.63) is 68.1 Å². The Balaban J connectivity index is 1.97. The molecule has 0 aliphatic carbocycles. The maximum absolute atomic E-state index is 12.1. The van der Waals surface area contributed by atoms with Crippen LogP contribution in [0.1, 0.15) is 39.9 Å². The monoisotopic (exact) mass is 334 g/mol. The van der Waals surface area contributed by atoms with Crippen molar-refractivity contribution in [3.8, 4) is 12.1 Å². The standard InChI is InChI=1S/C19H18N4O2/c1-12-16(13(2)23-19(25)17(12)10-21)7-8-18(24)22-11-15-5-3-14(9-20)4-6-15/h3-6H,7-8,11H2,1-2H3,(H,22,24)(H,23,25). The van der Waals surface area contributed by atoms with Gasteiger partial charge in [0.05, 0.1) is 11.6 Å². The lowest BCUT2D eigenvalue weighted by Crippen LogP contribution is -2.24. The van der Waals surface area contributed by atoms with E-state index < -0.39 is 5.56 Å². The van der Waals surface area contributed by atoms with Gasteiger partial charge in [-0.1, -0.05) is 12.1 Å². The normalized spacial score (nSPS) is 9.92. The molecule has 0 unspecified atom stereocenters. The van der Waals surface area contributed by atoms with Crippen LogP contribution in [0.3, 0.4) is 0 Å². The second kappa shape index (κ2) is 7.94. The van der Waals surface area contributed by atoms with Gasteiger partial charge in [0.2, 0.25) is 5.91 Å². The van der Waals surface area contributed by atoms with Crippen LogP contribution in [0, 0.1) is 36.5 Å². The number of aromatic nitrogens is 1. The van der Waals surface area contributed by atoms with Crippen molar-refractivity contribution < 1.29 is 4.79 Å². The number of nitrogens with one attached hydrogen (secondary N) is 2. The number of hydrogen-bond acceptors (Lipinski definition) is 4. The molecule has 2 aromatic rings. The lowest BCUT2D eigenvalue weighted by atomic mass is 9.99. The van der Waals surface area contributed by atoms with Gasteiger partial charge >= 0.3 is 0 Å². The Hall–Kier alpha value is -3.38. The van der Waals surface area contributed by atoms with Gasteiger partial charge in [0.25, 0.3) is 5.56 Å². The Morgan fingerprint density at radius 2 is 1.84 bits per heavy atom. The zero-order valence-corrected chi connectivity index (χ0v) is 14.1. The van der Waals surface area contributed by atoms with Gasteiger partial charge in [-0.05, 0) is 49.1 Å². The third-order valence-corrected chi connectivity index (χ3v) is 4.10. The van der Waals surface area contributed by atoms with E-state index in [1.807, 2.05) is 12.1 Å². The summed E-state index contributed by atoms with van der Waals surface area (Å²) in [6.45, 7) is 3.88. The van der Waals surface area contributed by atoms with E-state index in [9.17, 15) is 9.59 Å². The number of pyridine rings is 1. The first-order valence-corrected chi connectivity index (χ1v) is 7.84. The fourth-order valence-corrected chi connectivity index (χ4v) is 2.64. The third kappa shape index (κ3) is 4.33. The summed E-state index contributed by atoms with van der Waals surface area (Å²) in [5.74, 6) is -0.118. The van der Waals surface area contributed by atoms with Gasteiger partial charge in [0.1, 0.15) is 11.6 Å². The van der Waals surface area contributed by atoms with Crippen molar-refractivity contribution in [1.29, 1.82) is 10.5 Å². The lowest BCUT2D eigenvalue weighted by molar-refractivity contribution is -0.121. The predicted octanol–water partition coefficient (Wildman–Crippen LogP) is 1.98. The van der Waals surface area contributed by atoms with E-state index in [1.165, 1.54) is 0 Å². The smallest absolute Gasteiger partial charge is 0.266 e. The van der Waals surface area contributed by atoms with Gasteiger partial charge in [-0.15, -0.1) is 0 Å². The molecule has 1 heterocycles. The van der Waals surface area contributed by atoms with Gasteiger partial charge in [0, 0.05) is 18.7 Å². The van der Waals surface area contributed by atoms with E-state index in [4.69, 9.17) is 10.5 Å². The highest BCUT2D eigenvalue weighted by Gasteiger charge is 2.13. The van der Waals surface area contributed by atoms with Crippen molar-refractivity contribution in [2.24, 2.45) is 0 Å². The Bertz CT molecular complexity index is 928. The minimum absolute atomic E-state index is 0.0959. The molecule has 6 nitrogen and oxygen atoms in total. The summed E-state index contributed by atoms with van der Waals surface area (Å²) in [7, 11) is 0. The molecule has 2 N–H and O–H groups in total. The number of hydrogen-bond donors (Lipinski definition) is 2. The van der Waals surface area contributed by atoms with E-state index in [-0.39, 0.29) is 17.9 Å². The Labute approximate surface area is 145 Å². The zero-order valence-electron chi connectivity index (χ0n) is 14.1. The zero-order chi connectivity index (χ0) is 18.4. The summed E-state index contributed by atoms with van der Waals surface area (Å²) in [5, 5.41) is 20.7. The molecule has 0 atom stereocenters. The summed E-state index contributed by atoms with van der Waals surface area (Å²) in [6.07, 6.45) is 0.706. The number of amides is 1. The van der Waals surface area contributed by atoms with Crippen molar-refractivity contribution in [2.75, 3.05) is 0 Å². The molecule has 2 rings (SSSR count). The van der Waals surface area contributed by atoms with Gasteiger partial charge in [-0.25, -0.2) is 0 Å². The van der Waals surface area contributed by atoms with E-state index in [2.05, 4.69) is 10.3 Å². The van der Waals surface area contributed by atoms with Crippen LogP contribution in [-0.4, -0.2) is 10.9 Å². The molecule has 0 saturated heterocycles. The van der Waals surface area contributed by atoms with Crippen molar-refractivity contribution in [1.82, 2.24) is 10.3 Å². The molecule has 1 aromatic heterocycles. The minimum Gasteiger partial charge on any atom is -0.352 e. The first kappa shape index (κ1) is 18.0. The van der Waals surface area contributed by atoms with Crippen molar-refractivity contribution in [2.45, 2.75) is 33.2 Å². The van der Waals surface area contributed by atoms with Crippen LogP contribution in [0.25, 0.3) is 0 Å². The Morgan fingerprint density at radius 3 is 2.44 bits per heavy atom. The quantitative estimate of drug-likeness (QED) is 0.871. The summed E-state index contributed by atoms with van der Waals surface area (Å²) in [4.78, 5) is 26.4. The second-order valence-corrected chi connectivity index (χ2v) is 5.75. The fourth-order valence-electron chi connectivity index (χ4n) is 2.64. The number of aryl methyl sites for hydroxylation is 1. The highest BCUT2D eigenvalue weighted by Crippen LogP contribution is 2.15. The Morgan fingerprint density at radius 1 is 1.16 bits per heavy atom. The molecule has 0 bridgehead atoms. The van der Waals surface area contributed by atoms with E-state index in [0.29, 0.717) is 29.8 Å². The second-order valence-electron chi connectivity index (χ2n) is 5.75. The number of nitrogens with zero attached hydrogens (tertiary/aromatic N) is 2. The molecular weight excluding hydrogens is 316 g/mol. The topological polar surface area (TPSA) is 110 Å². The molecule has 0 aliphatic rings. The summed E-state index contributed by atoms with van der Waals surface area (Å²) >= 11 is 0. The average molecular weight is 334 g/mol. The SMILES string of the molecule is Cc1[nH]c(=O)c(C#N)c(C)c1CCC(=O)NCc1ccc(C#N)cc1. The molecule has 0 saturated carbocycles. The molecule has 0 aliphatic heterocycles. The van der Waals surface area contributed by atoms with Gasteiger partial charge in [0.15, 0.2) is 0 Å². The van der Waals surface area contributed by atoms with Crippen LogP contribution in [0.5, 0.6) is 0 Å². The number of nitriles is 2. The maximum Gasteiger partial charge on any atom is 0.266 e. The summed E-state index contributed by atoms with van der Waals surface area (Å²) < 4.78 is 0. The molecule has 0 fully saturated rings. The number of carbonyl (C=O) groups is 1. The number of rotatable bonds is 5. The van der Waals surface area contributed by atoms with Crippen LogP contribution in [-0.2, 0) is 17.8 Å². The van der Waals surface area contributed by atoms with Crippen LogP contribution >= 0.6 is 0 Å². The molecule has 126 valence electrons. The molecule has 1 amide bonds. The van der Waals surface area contributed by atoms with E-state index in [0.717, 1.165) is 11.1 Å².